The van der Waals surface area contributed by atoms with Gasteiger partial charge in [0, 0.05) is 23.4 Å². The van der Waals surface area contributed by atoms with Crippen molar-refractivity contribution in [3.05, 3.63) is 27.5 Å². The highest BCUT2D eigenvalue weighted by atomic mass is 32.1. The highest BCUT2D eigenvalue weighted by molar-refractivity contribution is 7.09. The lowest BCUT2D eigenvalue weighted by atomic mass is 10.2. The van der Waals surface area contributed by atoms with Crippen LogP contribution in [-0.2, 0) is 6.54 Å². The predicted molar refractivity (Wildman–Crippen MR) is 82.5 cm³/mol. The Morgan fingerprint density at radius 3 is 2.60 bits per heavy atom. The van der Waals surface area contributed by atoms with Crippen molar-refractivity contribution in [2.45, 2.75) is 39.2 Å². The van der Waals surface area contributed by atoms with Crippen LogP contribution in [0.2, 0.25) is 0 Å². The zero-order valence-electron chi connectivity index (χ0n) is 12.0. The van der Waals surface area contributed by atoms with Gasteiger partial charge in [0.15, 0.2) is 0 Å². The molecule has 0 bridgehead atoms. The van der Waals surface area contributed by atoms with Crippen molar-refractivity contribution < 1.29 is 0 Å². The summed E-state index contributed by atoms with van der Waals surface area (Å²) < 4.78 is 0. The first kappa shape index (κ1) is 13.3. The summed E-state index contributed by atoms with van der Waals surface area (Å²) in [6, 6.07) is 0. The fraction of sp³-hybridized carbons (Fsp3) is 0.500. The van der Waals surface area contributed by atoms with Gasteiger partial charge in [-0.25, -0.2) is 15.0 Å². The number of hydrogen-bond donors (Lipinski definition) is 2. The molecular weight excluding hydrogens is 270 g/mol. The van der Waals surface area contributed by atoms with E-state index in [1.807, 2.05) is 26.4 Å². The van der Waals surface area contributed by atoms with Gasteiger partial charge in [0.05, 0.1) is 17.7 Å². The average molecular weight is 289 g/mol. The molecule has 20 heavy (non-hydrogen) atoms. The second kappa shape index (κ2) is 5.36. The molecule has 0 radical (unpaired) electrons. The summed E-state index contributed by atoms with van der Waals surface area (Å²) in [5, 5.41) is 6.60. The fourth-order valence-corrected chi connectivity index (χ4v) is 2.85. The van der Waals surface area contributed by atoms with Crippen molar-refractivity contribution in [2.75, 3.05) is 17.7 Å². The maximum absolute atomic E-state index is 4.69. The van der Waals surface area contributed by atoms with Crippen molar-refractivity contribution in [2.24, 2.45) is 0 Å². The third-order valence-corrected chi connectivity index (χ3v) is 4.54. The monoisotopic (exact) mass is 289 g/mol. The van der Waals surface area contributed by atoms with Gasteiger partial charge in [0.2, 0.25) is 0 Å². The molecule has 6 heteroatoms. The van der Waals surface area contributed by atoms with Gasteiger partial charge in [-0.15, -0.1) is 11.3 Å². The molecular formula is C14H19N5S. The van der Waals surface area contributed by atoms with Gasteiger partial charge in [-0.1, -0.05) is 0 Å². The molecule has 3 rings (SSSR count). The number of thiazole rings is 1. The lowest BCUT2D eigenvalue weighted by molar-refractivity contribution is 0.914. The first-order valence-electron chi connectivity index (χ1n) is 6.88. The smallest absolute Gasteiger partial charge is 0.136 e. The Hall–Kier alpha value is -1.69. The van der Waals surface area contributed by atoms with Crippen molar-refractivity contribution >= 4 is 23.0 Å². The molecule has 1 aliphatic rings. The molecule has 2 N–H and O–H groups in total. The number of aryl methyl sites for hydroxylation is 1. The van der Waals surface area contributed by atoms with Crippen LogP contribution in [0, 0.1) is 13.8 Å². The van der Waals surface area contributed by atoms with Crippen LogP contribution in [0.5, 0.6) is 0 Å². The molecule has 1 fully saturated rings. The van der Waals surface area contributed by atoms with Crippen LogP contribution in [-0.4, -0.2) is 22.0 Å². The SMILES string of the molecule is CNc1nc(C2CC2)nc(NCc2scnc2C)c1C. The summed E-state index contributed by atoms with van der Waals surface area (Å²) in [7, 11) is 1.91. The Morgan fingerprint density at radius 2 is 2.00 bits per heavy atom. The van der Waals surface area contributed by atoms with Gasteiger partial charge in [0.1, 0.15) is 17.5 Å². The molecule has 0 saturated heterocycles. The summed E-state index contributed by atoms with van der Waals surface area (Å²) in [6.07, 6.45) is 2.42. The molecule has 0 aliphatic heterocycles. The van der Waals surface area contributed by atoms with E-state index < -0.39 is 0 Å². The van der Waals surface area contributed by atoms with Gasteiger partial charge in [-0.3, -0.25) is 0 Å². The van der Waals surface area contributed by atoms with Gasteiger partial charge in [0.25, 0.3) is 0 Å². The van der Waals surface area contributed by atoms with Crippen LogP contribution in [0.4, 0.5) is 11.6 Å². The van der Waals surface area contributed by atoms with E-state index in [1.165, 1.54) is 17.7 Å². The van der Waals surface area contributed by atoms with Crippen LogP contribution >= 0.6 is 11.3 Å². The second-order valence-corrected chi connectivity index (χ2v) is 6.08. The normalized spacial score (nSPS) is 14.3. The summed E-state index contributed by atoms with van der Waals surface area (Å²) >= 11 is 1.67. The molecule has 1 saturated carbocycles. The summed E-state index contributed by atoms with van der Waals surface area (Å²) in [5.74, 6) is 3.36. The first-order chi connectivity index (χ1) is 9.69. The standard InChI is InChI=1S/C14H19N5S/c1-8-12(15-3)18-14(10-4-5-10)19-13(8)16-6-11-9(2)17-7-20-11/h7,10H,4-6H2,1-3H3,(H2,15,16,18,19). The zero-order valence-corrected chi connectivity index (χ0v) is 12.8. The van der Waals surface area contributed by atoms with Crippen LogP contribution in [0.25, 0.3) is 0 Å². The van der Waals surface area contributed by atoms with E-state index in [2.05, 4.69) is 20.6 Å². The molecule has 2 aromatic heterocycles. The Balaban J connectivity index is 1.84. The highest BCUT2D eigenvalue weighted by Gasteiger charge is 2.28. The van der Waals surface area contributed by atoms with E-state index in [1.54, 1.807) is 11.3 Å². The highest BCUT2D eigenvalue weighted by Crippen LogP contribution is 2.39. The molecule has 2 heterocycles. The van der Waals surface area contributed by atoms with E-state index in [0.717, 1.165) is 35.3 Å². The molecule has 1 aliphatic carbocycles. The number of anilines is 2. The van der Waals surface area contributed by atoms with Crippen LogP contribution in [0.15, 0.2) is 5.51 Å². The molecule has 0 atom stereocenters. The number of rotatable bonds is 5. The third kappa shape index (κ3) is 2.60. The second-order valence-electron chi connectivity index (χ2n) is 5.14. The van der Waals surface area contributed by atoms with E-state index >= 15 is 0 Å². The van der Waals surface area contributed by atoms with Crippen LogP contribution < -0.4 is 10.6 Å². The fourth-order valence-electron chi connectivity index (χ4n) is 2.13. The Morgan fingerprint density at radius 1 is 1.25 bits per heavy atom. The van der Waals surface area contributed by atoms with Crippen LogP contribution in [0.3, 0.4) is 0 Å². The maximum Gasteiger partial charge on any atom is 0.136 e. The molecule has 2 aromatic rings. The predicted octanol–water partition coefficient (Wildman–Crippen LogP) is 3.08. The molecule has 0 amide bonds. The number of nitrogens with one attached hydrogen (secondary N) is 2. The van der Waals surface area contributed by atoms with E-state index in [9.17, 15) is 0 Å². The van der Waals surface area contributed by atoms with Crippen molar-refractivity contribution in [3.63, 3.8) is 0 Å². The molecule has 5 nitrogen and oxygen atoms in total. The number of hydrogen-bond acceptors (Lipinski definition) is 6. The van der Waals surface area contributed by atoms with Gasteiger partial charge in [-0.05, 0) is 26.7 Å². The number of aromatic nitrogens is 3. The van der Waals surface area contributed by atoms with E-state index in [-0.39, 0.29) is 0 Å². The summed E-state index contributed by atoms with van der Waals surface area (Å²) in [6.45, 7) is 4.85. The minimum atomic E-state index is 0.549. The minimum Gasteiger partial charge on any atom is -0.373 e. The Labute approximate surface area is 122 Å². The third-order valence-electron chi connectivity index (χ3n) is 3.60. The average Bonchev–Trinajstić information content (AvgIpc) is 3.21. The van der Waals surface area contributed by atoms with Crippen molar-refractivity contribution in [3.8, 4) is 0 Å². The minimum absolute atomic E-state index is 0.549. The molecule has 0 unspecified atom stereocenters. The van der Waals surface area contributed by atoms with Crippen molar-refractivity contribution in [1.29, 1.82) is 0 Å². The maximum atomic E-state index is 4.69. The lowest BCUT2D eigenvalue weighted by Gasteiger charge is -2.13. The molecule has 106 valence electrons. The zero-order chi connectivity index (χ0) is 14.1. The molecule has 0 aromatic carbocycles. The van der Waals surface area contributed by atoms with Gasteiger partial charge >= 0.3 is 0 Å². The molecule has 0 spiro atoms. The van der Waals surface area contributed by atoms with Crippen LogP contribution in [0.1, 0.15) is 40.7 Å². The van der Waals surface area contributed by atoms with Gasteiger partial charge < -0.3 is 10.6 Å². The Kier molecular flexibility index (Phi) is 3.56. The summed E-state index contributed by atoms with van der Waals surface area (Å²) in [5.41, 5.74) is 4.04. The first-order valence-corrected chi connectivity index (χ1v) is 7.76. The topological polar surface area (TPSA) is 62.7 Å². The Bertz CT molecular complexity index is 618. The van der Waals surface area contributed by atoms with E-state index in [4.69, 9.17) is 4.98 Å². The largest absolute Gasteiger partial charge is 0.373 e. The van der Waals surface area contributed by atoms with Crippen molar-refractivity contribution in [1.82, 2.24) is 15.0 Å². The lowest BCUT2D eigenvalue weighted by Crippen LogP contribution is -2.09. The number of nitrogens with zero attached hydrogens (tertiary/aromatic N) is 3. The van der Waals surface area contributed by atoms with Gasteiger partial charge in [-0.2, -0.15) is 0 Å². The quantitative estimate of drug-likeness (QED) is 0.885. The van der Waals surface area contributed by atoms with E-state index in [0.29, 0.717) is 5.92 Å². The summed E-state index contributed by atoms with van der Waals surface area (Å²) in [4.78, 5) is 14.8.